The molecule has 0 spiro atoms. The SMILES string of the molecule is [2H]C1C[C@H]([C@H]2[C@@H](OC)C(=O)N2Cc2ccccc2)O[C@]1(O)c1ccccc1. The second-order valence-electron chi connectivity index (χ2n) is 6.76. The number of ether oxygens (including phenoxy) is 2. The third-order valence-corrected chi connectivity index (χ3v) is 5.17. The highest BCUT2D eigenvalue weighted by molar-refractivity contribution is 5.88. The van der Waals surface area contributed by atoms with Crippen LogP contribution in [0.5, 0.6) is 0 Å². The fraction of sp³-hybridized carbons (Fsp3) is 0.381. The van der Waals surface area contributed by atoms with Crippen molar-refractivity contribution >= 4 is 5.91 Å². The Morgan fingerprint density at radius 1 is 1.23 bits per heavy atom. The van der Waals surface area contributed by atoms with E-state index in [1.54, 1.807) is 17.0 Å². The summed E-state index contributed by atoms with van der Waals surface area (Å²) in [4.78, 5) is 14.2. The predicted octanol–water partition coefficient (Wildman–Crippen LogP) is 2.44. The maximum atomic E-state index is 12.5. The van der Waals surface area contributed by atoms with E-state index in [0.717, 1.165) is 5.56 Å². The van der Waals surface area contributed by atoms with Crippen LogP contribution in [-0.4, -0.2) is 41.3 Å². The van der Waals surface area contributed by atoms with Crippen LogP contribution in [0.4, 0.5) is 0 Å². The molecule has 2 aliphatic heterocycles. The summed E-state index contributed by atoms with van der Waals surface area (Å²) in [6.07, 6.45) is -1.58. The van der Waals surface area contributed by atoms with Crippen LogP contribution < -0.4 is 0 Å². The van der Waals surface area contributed by atoms with Crippen molar-refractivity contribution < 1.29 is 20.7 Å². The van der Waals surface area contributed by atoms with Gasteiger partial charge < -0.3 is 19.5 Å². The molecule has 26 heavy (non-hydrogen) atoms. The minimum Gasteiger partial charge on any atom is -0.369 e. The van der Waals surface area contributed by atoms with Crippen LogP contribution in [0, 0.1) is 0 Å². The summed E-state index contributed by atoms with van der Waals surface area (Å²) in [5, 5.41) is 11.0. The molecule has 2 aromatic carbocycles. The quantitative estimate of drug-likeness (QED) is 0.838. The average molecular weight is 354 g/mol. The molecule has 0 aliphatic carbocycles. The molecule has 5 nitrogen and oxygen atoms in total. The molecule has 4 rings (SSSR count). The fourth-order valence-electron chi connectivity index (χ4n) is 3.81. The van der Waals surface area contributed by atoms with E-state index in [-0.39, 0.29) is 11.9 Å². The number of methoxy groups -OCH3 is 1. The lowest BCUT2D eigenvalue weighted by Gasteiger charge is -2.48. The van der Waals surface area contributed by atoms with Crippen molar-refractivity contribution in [2.24, 2.45) is 0 Å². The van der Waals surface area contributed by atoms with Crippen molar-refractivity contribution in [3.05, 3.63) is 71.8 Å². The maximum absolute atomic E-state index is 12.5. The summed E-state index contributed by atoms with van der Waals surface area (Å²) in [6.45, 7) is 0.455. The Hall–Kier alpha value is -2.21. The van der Waals surface area contributed by atoms with Gasteiger partial charge in [-0.25, -0.2) is 0 Å². The zero-order valence-corrected chi connectivity index (χ0v) is 14.6. The first-order valence-electron chi connectivity index (χ1n) is 9.37. The van der Waals surface area contributed by atoms with Gasteiger partial charge >= 0.3 is 0 Å². The summed E-state index contributed by atoms with van der Waals surface area (Å²) in [7, 11) is 1.51. The predicted molar refractivity (Wildman–Crippen MR) is 96.0 cm³/mol. The number of hydrogen-bond donors (Lipinski definition) is 1. The van der Waals surface area contributed by atoms with Gasteiger partial charge in [0.05, 0.1) is 12.1 Å². The summed E-state index contributed by atoms with van der Waals surface area (Å²) in [5.74, 6) is -1.77. The molecule has 1 amide bonds. The molecule has 5 atom stereocenters. The molecule has 0 aromatic heterocycles. The van der Waals surface area contributed by atoms with Crippen molar-refractivity contribution in [3.63, 3.8) is 0 Å². The van der Waals surface area contributed by atoms with E-state index in [9.17, 15) is 9.90 Å². The zero-order valence-electron chi connectivity index (χ0n) is 15.6. The minimum absolute atomic E-state index is 0.0911. The van der Waals surface area contributed by atoms with E-state index >= 15 is 0 Å². The van der Waals surface area contributed by atoms with Crippen LogP contribution in [0.15, 0.2) is 60.7 Å². The van der Waals surface area contributed by atoms with Crippen molar-refractivity contribution in [2.45, 2.75) is 43.4 Å². The Balaban J connectivity index is 1.56. The molecular weight excluding hydrogens is 330 g/mol. The number of hydrogen-bond acceptors (Lipinski definition) is 4. The molecule has 2 fully saturated rings. The maximum Gasteiger partial charge on any atom is 0.254 e. The molecule has 0 saturated carbocycles. The fourth-order valence-corrected chi connectivity index (χ4v) is 3.81. The normalized spacial score (nSPS) is 34.5. The lowest BCUT2D eigenvalue weighted by Crippen LogP contribution is -2.69. The molecule has 1 unspecified atom stereocenters. The Labute approximate surface area is 154 Å². The highest BCUT2D eigenvalue weighted by atomic mass is 16.6. The number of carbonyl (C=O) groups excluding carboxylic acids is 1. The molecule has 1 N–H and O–H groups in total. The Morgan fingerprint density at radius 3 is 2.54 bits per heavy atom. The number of aliphatic hydroxyl groups is 1. The van der Waals surface area contributed by atoms with Crippen molar-refractivity contribution in [1.82, 2.24) is 4.90 Å². The smallest absolute Gasteiger partial charge is 0.254 e. The van der Waals surface area contributed by atoms with E-state index in [1.165, 1.54) is 7.11 Å². The molecule has 2 aromatic rings. The third-order valence-electron chi connectivity index (χ3n) is 5.17. The van der Waals surface area contributed by atoms with Crippen LogP contribution in [0.2, 0.25) is 0 Å². The highest BCUT2D eigenvalue weighted by Crippen LogP contribution is 2.42. The van der Waals surface area contributed by atoms with E-state index in [1.807, 2.05) is 48.5 Å². The molecule has 2 aliphatic rings. The van der Waals surface area contributed by atoms with Gasteiger partial charge in [-0.1, -0.05) is 60.7 Å². The first-order chi connectivity index (χ1) is 13.0. The molecule has 2 heterocycles. The van der Waals surface area contributed by atoms with Gasteiger partial charge in [-0.3, -0.25) is 4.79 Å². The average Bonchev–Trinajstić information content (AvgIpc) is 3.00. The zero-order chi connectivity index (χ0) is 19.0. The minimum atomic E-state index is -1.68. The summed E-state index contributed by atoms with van der Waals surface area (Å²) in [5.41, 5.74) is 1.57. The lowest BCUT2D eigenvalue weighted by molar-refractivity contribution is -0.232. The van der Waals surface area contributed by atoms with Crippen molar-refractivity contribution in [2.75, 3.05) is 7.11 Å². The number of rotatable bonds is 5. The van der Waals surface area contributed by atoms with Crippen LogP contribution >= 0.6 is 0 Å². The van der Waals surface area contributed by atoms with E-state index in [0.29, 0.717) is 18.5 Å². The molecule has 5 heteroatoms. The van der Waals surface area contributed by atoms with Gasteiger partial charge in [-0.2, -0.15) is 0 Å². The first-order valence-corrected chi connectivity index (χ1v) is 8.79. The van der Waals surface area contributed by atoms with E-state index in [4.69, 9.17) is 10.8 Å². The van der Waals surface area contributed by atoms with Crippen LogP contribution in [0.1, 0.15) is 25.3 Å². The molecular formula is C21H23NO4. The Morgan fingerprint density at radius 2 is 1.88 bits per heavy atom. The number of nitrogens with zero attached hydrogens (tertiary/aromatic N) is 1. The van der Waals surface area contributed by atoms with Crippen LogP contribution in [0.3, 0.4) is 0 Å². The number of likely N-dealkylation sites (tertiary alicyclic amines) is 1. The van der Waals surface area contributed by atoms with Gasteiger partial charge in [0.25, 0.3) is 5.91 Å². The molecule has 0 radical (unpaired) electrons. The van der Waals surface area contributed by atoms with Gasteiger partial charge in [0.2, 0.25) is 0 Å². The topological polar surface area (TPSA) is 59.0 Å². The van der Waals surface area contributed by atoms with Gasteiger partial charge in [0.1, 0.15) is 0 Å². The monoisotopic (exact) mass is 354 g/mol. The van der Waals surface area contributed by atoms with E-state index in [2.05, 4.69) is 0 Å². The second kappa shape index (κ2) is 6.83. The summed E-state index contributed by atoms with van der Waals surface area (Å²) >= 11 is 0. The van der Waals surface area contributed by atoms with Gasteiger partial charge in [-0.15, -0.1) is 0 Å². The number of carbonyl (C=O) groups is 1. The second-order valence-corrected chi connectivity index (χ2v) is 6.76. The first kappa shape index (κ1) is 16.0. The summed E-state index contributed by atoms with van der Waals surface area (Å²) < 4.78 is 19.8. The number of benzene rings is 2. The van der Waals surface area contributed by atoms with Gasteiger partial charge in [0, 0.05) is 27.0 Å². The van der Waals surface area contributed by atoms with Crippen LogP contribution in [0.25, 0.3) is 0 Å². The number of amides is 1. The molecule has 0 bridgehead atoms. The number of β-lactam (4-membered cyclic amide) rings is 1. The standard InChI is InChI=1S/C21H23NO4/c1-25-19-18(22(20(19)23)14-15-8-4-2-5-9-15)17-12-13-21(24,26-17)16-10-6-3-7-11-16/h2-11,17-19,24H,12-14H2,1H3/t17-,18+,19-,21+/m1/s1/i13D/t13?,17-,18+,19-,21+. The summed E-state index contributed by atoms with van der Waals surface area (Å²) in [6, 6.07) is 18.4. The van der Waals surface area contributed by atoms with E-state index < -0.39 is 24.4 Å². The van der Waals surface area contributed by atoms with Crippen LogP contribution in [-0.2, 0) is 26.6 Å². The lowest BCUT2D eigenvalue weighted by atomic mass is 9.90. The third kappa shape index (κ3) is 2.92. The highest BCUT2D eigenvalue weighted by Gasteiger charge is 2.56. The van der Waals surface area contributed by atoms with Crippen molar-refractivity contribution in [1.29, 1.82) is 0 Å². The molecule has 136 valence electrons. The van der Waals surface area contributed by atoms with Gasteiger partial charge in [0.15, 0.2) is 11.9 Å². The Bertz CT molecular complexity index is 802. The molecule has 2 saturated heterocycles. The van der Waals surface area contributed by atoms with Gasteiger partial charge in [-0.05, 0) is 12.0 Å². The van der Waals surface area contributed by atoms with Crippen molar-refractivity contribution in [3.8, 4) is 0 Å². The Kier molecular flexibility index (Phi) is 4.21. The largest absolute Gasteiger partial charge is 0.369 e.